The van der Waals surface area contributed by atoms with Crippen LogP contribution < -0.4 is 5.73 Å². The standard InChI is InChI=1S/C11H22N2OS/c1-11(2,3)14-10(15)13-6-4-9(8-12)5-7-13/h9H,4-8,12H2,1-3H3. The molecule has 2 N–H and O–H groups in total. The fourth-order valence-corrected chi connectivity index (χ4v) is 2.11. The predicted molar refractivity (Wildman–Crippen MR) is 66.8 cm³/mol. The molecular weight excluding hydrogens is 208 g/mol. The maximum atomic E-state index is 5.67. The van der Waals surface area contributed by atoms with Gasteiger partial charge in [-0.1, -0.05) is 0 Å². The van der Waals surface area contributed by atoms with E-state index in [1.807, 2.05) is 20.8 Å². The summed E-state index contributed by atoms with van der Waals surface area (Å²) in [6.45, 7) is 8.82. The zero-order valence-electron chi connectivity index (χ0n) is 9.95. The number of piperidine rings is 1. The van der Waals surface area contributed by atoms with E-state index in [4.69, 9.17) is 22.7 Å². The quantitative estimate of drug-likeness (QED) is 0.697. The average Bonchev–Trinajstić information content (AvgIpc) is 2.15. The molecule has 0 radical (unpaired) electrons. The minimum Gasteiger partial charge on any atom is -0.465 e. The molecule has 1 heterocycles. The van der Waals surface area contributed by atoms with Crippen LogP contribution in [0.1, 0.15) is 33.6 Å². The molecule has 1 rings (SSSR count). The average molecular weight is 230 g/mol. The highest BCUT2D eigenvalue weighted by molar-refractivity contribution is 7.80. The van der Waals surface area contributed by atoms with Crippen LogP contribution in [0.15, 0.2) is 0 Å². The number of ether oxygens (including phenoxy) is 1. The molecule has 0 aliphatic carbocycles. The third-order valence-corrected chi connectivity index (χ3v) is 2.94. The van der Waals surface area contributed by atoms with Crippen molar-refractivity contribution >= 4 is 17.4 Å². The second-order valence-corrected chi connectivity index (χ2v) is 5.50. The van der Waals surface area contributed by atoms with Gasteiger partial charge in [0.15, 0.2) is 0 Å². The molecule has 15 heavy (non-hydrogen) atoms. The first-order valence-electron chi connectivity index (χ1n) is 5.60. The largest absolute Gasteiger partial charge is 0.465 e. The first kappa shape index (κ1) is 12.7. The number of thiocarbonyl (C=S) groups is 1. The lowest BCUT2D eigenvalue weighted by atomic mass is 9.97. The molecule has 3 nitrogen and oxygen atoms in total. The Labute approximate surface area is 98.0 Å². The highest BCUT2D eigenvalue weighted by atomic mass is 32.1. The third kappa shape index (κ3) is 4.34. The summed E-state index contributed by atoms with van der Waals surface area (Å²) in [4.78, 5) is 2.15. The molecule has 0 amide bonds. The fourth-order valence-electron chi connectivity index (χ4n) is 1.68. The second kappa shape index (κ2) is 5.12. The molecule has 0 aromatic rings. The fraction of sp³-hybridized carbons (Fsp3) is 0.909. The topological polar surface area (TPSA) is 38.5 Å². The number of hydrogen-bond acceptors (Lipinski definition) is 3. The summed E-state index contributed by atoms with van der Waals surface area (Å²) in [5.41, 5.74) is 5.45. The molecule has 4 heteroatoms. The Morgan fingerprint density at radius 3 is 2.33 bits per heavy atom. The summed E-state index contributed by atoms with van der Waals surface area (Å²) in [5, 5.41) is 0.637. The van der Waals surface area contributed by atoms with E-state index in [0.29, 0.717) is 11.1 Å². The first-order valence-corrected chi connectivity index (χ1v) is 6.01. The zero-order chi connectivity index (χ0) is 11.5. The predicted octanol–water partition coefficient (Wildman–Crippen LogP) is 1.76. The normalized spacial score (nSPS) is 19.1. The lowest BCUT2D eigenvalue weighted by molar-refractivity contribution is 0.0864. The highest BCUT2D eigenvalue weighted by Crippen LogP contribution is 2.18. The van der Waals surface area contributed by atoms with Crippen LogP contribution in [-0.2, 0) is 4.74 Å². The molecule has 1 aliphatic heterocycles. The molecule has 1 fully saturated rings. The van der Waals surface area contributed by atoms with Crippen molar-refractivity contribution in [3.05, 3.63) is 0 Å². The van der Waals surface area contributed by atoms with Gasteiger partial charge < -0.3 is 15.4 Å². The van der Waals surface area contributed by atoms with Gasteiger partial charge in [-0.25, -0.2) is 0 Å². The Kier molecular flexibility index (Phi) is 4.34. The molecule has 0 bridgehead atoms. The van der Waals surface area contributed by atoms with E-state index in [1.165, 1.54) is 0 Å². The molecule has 1 aliphatic rings. The maximum Gasteiger partial charge on any atom is 0.259 e. The van der Waals surface area contributed by atoms with Crippen LogP contribution >= 0.6 is 12.2 Å². The Morgan fingerprint density at radius 2 is 1.93 bits per heavy atom. The van der Waals surface area contributed by atoms with Crippen molar-refractivity contribution < 1.29 is 4.74 Å². The lowest BCUT2D eigenvalue weighted by Crippen LogP contribution is -2.42. The summed E-state index contributed by atoms with van der Waals surface area (Å²) in [6, 6.07) is 0. The van der Waals surface area contributed by atoms with Gasteiger partial charge in [-0.15, -0.1) is 0 Å². The van der Waals surface area contributed by atoms with Crippen molar-refractivity contribution in [2.75, 3.05) is 19.6 Å². The van der Waals surface area contributed by atoms with Gasteiger partial charge in [-0.2, -0.15) is 0 Å². The van der Waals surface area contributed by atoms with Gasteiger partial charge in [0.1, 0.15) is 5.60 Å². The van der Waals surface area contributed by atoms with Crippen LogP contribution in [0.5, 0.6) is 0 Å². The van der Waals surface area contributed by atoms with E-state index in [2.05, 4.69) is 4.90 Å². The second-order valence-electron chi connectivity index (χ2n) is 5.15. The molecule has 0 saturated carbocycles. The van der Waals surface area contributed by atoms with E-state index in [1.54, 1.807) is 0 Å². The van der Waals surface area contributed by atoms with Crippen LogP contribution in [0.25, 0.3) is 0 Å². The lowest BCUT2D eigenvalue weighted by Gasteiger charge is -2.35. The van der Waals surface area contributed by atoms with Crippen molar-refractivity contribution in [3.63, 3.8) is 0 Å². The number of hydrogen-bond donors (Lipinski definition) is 1. The van der Waals surface area contributed by atoms with Crippen LogP contribution in [0.4, 0.5) is 0 Å². The molecule has 88 valence electrons. The monoisotopic (exact) mass is 230 g/mol. The van der Waals surface area contributed by atoms with Crippen molar-refractivity contribution in [3.8, 4) is 0 Å². The van der Waals surface area contributed by atoms with E-state index in [-0.39, 0.29) is 5.60 Å². The van der Waals surface area contributed by atoms with Gasteiger partial charge in [0.25, 0.3) is 5.17 Å². The van der Waals surface area contributed by atoms with Gasteiger partial charge in [0, 0.05) is 13.1 Å². The Bertz CT molecular complexity index is 217. The van der Waals surface area contributed by atoms with E-state index >= 15 is 0 Å². The highest BCUT2D eigenvalue weighted by Gasteiger charge is 2.23. The van der Waals surface area contributed by atoms with Crippen LogP contribution in [0, 0.1) is 5.92 Å². The minimum absolute atomic E-state index is 0.193. The van der Waals surface area contributed by atoms with Gasteiger partial charge in [0.2, 0.25) is 0 Å². The van der Waals surface area contributed by atoms with Crippen molar-refractivity contribution in [2.45, 2.75) is 39.2 Å². The van der Waals surface area contributed by atoms with E-state index < -0.39 is 0 Å². The molecule has 0 unspecified atom stereocenters. The van der Waals surface area contributed by atoms with Gasteiger partial charge in [-0.3, -0.25) is 0 Å². The van der Waals surface area contributed by atoms with Gasteiger partial charge in [0.05, 0.1) is 0 Å². The Hall–Kier alpha value is -0.350. The SMILES string of the molecule is CC(C)(C)OC(=S)N1CCC(CN)CC1. The van der Waals surface area contributed by atoms with Crippen LogP contribution in [0.2, 0.25) is 0 Å². The van der Waals surface area contributed by atoms with Crippen molar-refractivity contribution in [1.82, 2.24) is 4.90 Å². The maximum absolute atomic E-state index is 5.67. The zero-order valence-corrected chi connectivity index (χ0v) is 10.8. The molecule has 0 atom stereocenters. The van der Waals surface area contributed by atoms with Crippen molar-refractivity contribution in [1.29, 1.82) is 0 Å². The molecule has 0 spiro atoms. The third-order valence-electron chi connectivity index (χ3n) is 2.60. The smallest absolute Gasteiger partial charge is 0.259 e. The first-order chi connectivity index (χ1) is 6.92. The molecular formula is C11H22N2OS. The number of likely N-dealkylation sites (tertiary alicyclic amines) is 1. The molecule has 1 saturated heterocycles. The molecule has 0 aromatic carbocycles. The summed E-state index contributed by atoms with van der Waals surface area (Å²) in [7, 11) is 0. The van der Waals surface area contributed by atoms with Crippen LogP contribution in [0.3, 0.4) is 0 Å². The molecule has 0 aromatic heterocycles. The van der Waals surface area contributed by atoms with Gasteiger partial charge >= 0.3 is 0 Å². The Balaban J connectivity index is 2.37. The summed E-state index contributed by atoms with van der Waals surface area (Å²) in [6.07, 6.45) is 2.26. The van der Waals surface area contributed by atoms with E-state index in [9.17, 15) is 0 Å². The van der Waals surface area contributed by atoms with Crippen LogP contribution in [-0.4, -0.2) is 35.3 Å². The summed E-state index contributed by atoms with van der Waals surface area (Å²) < 4.78 is 5.67. The number of nitrogens with two attached hydrogens (primary N) is 1. The summed E-state index contributed by atoms with van der Waals surface area (Å²) in [5.74, 6) is 0.665. The Morgan fingerprint density at radius 1 is 1.40 bits per heavy atom. The van der Waals surface area contributed by atoms with Crippen molar-refractivity contribution in [2.24, 2.45) is 11.7 Å². The van der Waals surface area contributed by atoms with Gasteiger partial charge in [-0.05, 0) is 58.3 Å². The summed E-state index contributed by atoms with van der Waals surface area (Å²) >= 11 is 5.27. The minimum atomic E-state index is -0.193. The van der Waals surface area contributed by atoms with E-state index in [0.717, 1.165) is 32.5 Å². The number of nitrogens with zero attached hydrogens (tertiary/aromatic N) is 1. The number of rotatable bonds is 1.